The number of nitrogens with one attached hydrogen (secondary N) is 1. The Morgan fingerprint density at radius 3 is 2.54 bits per heavy atom. The number of amides is 2. The maximum Gasteiger partial charge on any atom is 0.414 e. The fourth-order valence-electron chi connectivity index (χ4n) is 4.63. The molecular weight excluding hydrogens is 493 g/mol. The van der Waals surface area contributed by atoms with Gasteiger partial charge in [0.1, 0.15) is 11.9 Å². The van der Waals surface area contributed by atoms with E-state index in [2.05, 4.69) is 19.2 Å². The minimum atomic E-state index is -0.562. The molecule has 9 heteroatoms. The number of rotatable bonds is 10. The zero-order valence-corrected chi connectivity index (χ0v) is 22.2. The van der Waals surface area contributed by atoms with Gasteiger partial charge in [0, 0.05) is 43.0 Å². The Bertz CT molecular complexity index is 1120. The molecule has 2 aromatic carbocycles. The van der Waals surface area contributed by atoms with Crippen LogP contribution in [0.2, 0.25) is 0 Å². The number of cyclic esters (lactones) is 1. The van der Waals surface area contributed by atoms with Gasteiger partial charge >= 0.3 is 6.09 Å². The molecule has 4 rings (SSSR count). The highest BCUT2D eigenvalue weighted by atomic mass is 32.2. The molecule has 37 heavy (non-hydrogen) atoms. The van der Waals surface area contributed by atoms with Gasteiger partial charge in [-0.25, -0.2) is 9.18 Å². The fourth-order valence-corrected chi connectivity index (χ4v) is 5.53. The van der Waals surface area contributed by atoms with Crippen LogP contribution in [0.25, 0.3) is 0 Å². The van der Waals surface area contributed by atoms with Crippen molar-refractivity contribution in [2.45, 2.75) is 39.2 Å². The number of ether oxygens (including phenoxy) is 1. The largest absolute Gasteiger partial charge is 0.442 e. The first-order valence-corrected chi connectivity index (χ1v) is 14.0. The second kappa shape index (κ2) is 12.4. The van der Waals surface area contributed by atoms with E-state index in [1.165, 1.54) is 16.5 Å². The van der Waals surface area contributed by atoms with Crippen LogP contribution < -0.4 is 15.1 Å². The predicted molar refractivity (Wildman–Crippen MR) is 145 cm³/mol. The number of benzene rings is 2. The van der Waals surface area contributed by atoms with Crippen molar-refractivity contribution in [3.63, 3.8) is 0 Å². The maximum atomic E-state index is 14.8. The van der Waals surface area contributed by atoms with Crippen LogP contribution in [-0.4, -0.2) is 61.6 Å². The van der Waals surface area contributed by atoms with Crippen LogP contribution in [0.3, 0.4) is 0 Å². The standard InChI is InChI=1S/C28H34FN3O4S/c1-19(2)16-20-6-8-21(9-7-20)25(33)10-11-26(34)30-17-22-18-32(28(35)36-22)24-5-3-4-23(29)27(24)31-12-14-37-15-13-31/h3-9,19,22H,10-18H2,1-2H3,(H,30,34)/t22-/m0/s1. The van der Waals surface area contributed by atoms with Gasteiger partial charge in [-0.3, -0.25) is 14.5 Å². The molecule has 2 fully saturated rings. The second-order valence-corrected chi connectivity index (χ2v) is 11.1. The number of para-hydroxylation sites is 1. The molecule has 198 valence electrons. The molecule has 0 aliphatic carbocycles. The normalized spacial score (nSPS) is 17.7. The van der Waals surface area contributed by atoms with Crippen LogP contribution in [-0.2, 0) is 16.0 Å². The highest BCUT2D eigenvalue weighted by Crippen LogP contribution is 2.35. The number of carbonyl (C=O) groups excluding carboxylic acids is 3. The van der Waals surface area contributed by atoms with E-state index >= 15 is 0 Å². The summed E-state index contributed by atoms with van der Waals surface area (Å²) in [7, 11) is 0. The SMILES string of the molecule is CC(C)Cc1ccc(C(=O)CCC(=O)NC[C@H]2CN(c3cccc(F)c3N3CCSCC3)C(=O)O2)cc1. The zero-order chi connectivity index (χ0) is 26.4. The van der Waals surface area contributed by atoms with Crippen molar-refractivity contribution in [1.82, 2.24) is 5.32 Å². The number of hydrogen-bond donors (Lipinski definition) is 1. The highest BCUT2D eigenvalue weighted by Gasteiger charge is 2.35. The van der Waals surface area contributed by atoms with E-state index in [1.807, 2.05) is 40.9 Å². The number of carbonyl (C=O) groups is 3. The minimum absolute atomic E-state index is 0.0535. The molecule has 0 saturated carbocycles. The first-order valence-electron chi connectivity index (χ1n) is 12.8. The lowest BCUT2D eigenvalue weighted by molar-refractivity contribution is -0.121. The Morgan fingerprint density at radius 2 is 1.84 bits per heavy atom. The molecule has 7 nitrogen and oxygen atoms in total. The zero-order valence-electron chi connectivity index (χ0n) is 21.4. The van der Waals surface area contributed by atoms with Gasteiger partial charge in [-0.05, 0) is 30.0 Å². The average molecular weight is 528 g/mol. The third kappa shape index (κ3) is 7.03. The second-order valence-electron chi connectivity index (χ2n) is 9.85. The molecule has 2 saturated heterocycles. The van der Waals surface area contributed by atoms with Gasteiger partial charge in [-0.1, -0.05) is 44.2 Å². The predicted octanol–water partition coefficient (Wildman–Crippen LogP) is 4.68. The number of ketones is 1. The van der Waals surface area contributed by atoms with E-state index in [0.717, 1.165) is 17.9 Å². The van der Waals surface area contributed by atoms with Crippen LogP contribution in [0.15, 0.2) is 42.5 Å². The molecule has 2 aliphatic rings. The molecule has 0 bridgehead atoms. The van der Waals surface area contributed by atoms with E-state index < -0.39 is 12.2 Å². The Balaban J connectivity index is 1.27. The van der Waals surface area contributed by atoms with Crippen molar-refractivity contribution < 1.29 is 23.5 Å². The monoisotopic (exact) mass is 527 g/mol. The molecule has 2 aromatic rings. The van der Waals surface area contributed by atoms with Gasteiger partial charge in [0.2, 0.25) is 5.91 Å². The van der Waals surface area contributed by atoms with Crippen molar-refractivity contribution in [1.29, 1.82) is 0 Å². The molecule has 2 heterocycles. The molecule has 1 atom stereocenters. The van der Waals surface area contributed by atoms with Crippen LogP contribution in [0.1, 0.15) is 42.6 Å². The average Bonchev–Trinajstić information content (AvgIpc) is 3.26. The molecule has 0 radical (unpaired) electrons. The van der Waals surface area contributed by atoms with Crippen molar-refractivity contribution >= 4 is 40.9 Å². The lowest BCUT2D eigenvalue weighted by Crippen LogP contribution is -2.36. The third-order valence-corrected chi connectivity index (χ3v) is 7.43. The quantitative estimate of drug-likeness (QED) is 0.452. The van der Waals surface area contributed by atoms with E-state index in [1.54, 1.807) is 12.1 Å². The number of hydrogen-bond acceptors (Lipinski definition) is 6. The molecule has 0 spiro atoms. The summed E-state index contributed by atoms with van der Waals surface area (Å²) < 4.78 is 20.3. The lowest BCUT2D eigenvalue weighted by Gasteiger charge is -2.32. The van der Waals surface area contributed by atoms with E-state index in [-0.39, 0.29) is 43.4 Å². The van der Waals surface area contributed by atoms with Gasteiger partial charge in [0.05, 0.1) is 24.5 Å². The van der Waals surface area contributed by atoms with Crippen molar-refractivity contribution in [2.24, 2.45) is 5.92 Å². The Morgan fingerprint density at radius 1 is 1.11 bits per heavy atom. The fraction of sp³-hybridized carbons (Fsp3) is 0.464. The molecule has 1 N–H and O–H groups in total. The van der Waals surface area contributed by atoms with Crippen molar-refractivity contribution in [3.05, 3.63) is 59.4 Å². The maximum absolute atomic E-state index is 14.8. The van der Waals surface area contributed by atoms with Crippen molar-refractivity contribution in [2.75, 3.05) is 47.5 Å². The number of thioether (sulfide) groups is 1. The van der Waals surface area contributed by atoms with E-state index in [9.17, 15) is 18.8 Å². The van der Waals surface area contributed by atoms with E-state index in [4.69, 9.17) is 4.74 Å². The molecule has 0 aromatic heterocycles. The summed E-state index contributed by atoms with van der Waals surface area (Å²) in [5, 5.41) is 2.76. The first-order chi connectivity index (χ1) is 17.8. The smallest absolute Gasteiger partial charge is 0.414 e. The van der Waals surface area contributed by atoms with Crippen LogP contribution in [0.4, 0.5) is 20.6 Å². The third-order valence-electron chi connectivity index (χ3n) is 6.48. The summed E-state index contributed by atoms with van der Waals surface area (Å²) in [6, 6.07) is 12.3. The highest BCUT2D eigenvalue weighted by molar-refractivity contribution is 7.99. The summed E-state index contributed by atoms with van der Waals surface area (Å²) in [6.45, 7) is 6.05. The summed E-state index contributed by atoms with van der Waals surface area (Å²) in [5.41, 5.74) is 2.68. The Kier molecular flexibility index (Phi) is 9.08. The summed E-state index contributed by atoms with van der Waals surface area (Å²) in [6.07, 6.45) is -0.00915. The molecule has 0 unspecified atom stereocenters. The van der Waals surface area contributed by atoms with E-state index in [0.29, 0.717) is 35.9 Å². The number of Topliss-reactive ketones (excluding diaryl/α,β-unsaturated/α-hetero) is 1. The summed E-state index contributed by atoms with van der Waals surface area (Å²) >= 11 is 1.82. The van der Waals surface area contributed by atoms with Gasteiger partial charge in [-0.15, -0.1) is 0 Å². The number of nitrogens with zero attached hydrogens (tertiary/aromatic N) is 2. The first kappa shape index (κ1) is 27.0. The number of anilines is 2. The van der Waals surface area contributed by atoms with Gasteiger partial charge in [0.15, 0.2) is 5.78 Å². The minimum Gasteiger partial charge on any atom is -0.442 e. The molecule has 2 amide bonds. The Labute approximate surface area is 221 Å². The number of halogens is 1. The topological polar surface area (TPSA) is 79.0 Å². The molecular formula is C28H34FN3O4S. The summed E-state index contributed by atoms with van der Waals surface area (Å²) in [4.78, 5) is 40.9. The Hall–Kier alpha value is -3.07. The van der Waals surface area contributed by atoms with Crippen LogP contribution >= 0.6 is 11.8 Å². The lowest BCUT2D eigenvalue weighted by atomic mass is 9.99. The van der Waals surface area contributed by atoms with Crippen LogP contribution in [0.5, 0.6) is 0 Å². The van der Waals surface area contributed by atoms with Crippen LogP contribution in [0, 0.1) is 11.7 Å². The molecule has 2 aliphatic heterocycles. The van der Waals surface area contributed by atoms with Gasteiger partial charge in [-0.2, -0.15) is 11.8 Å². The summed E-state index contributed by atoms with van der Waals surface area (Å²) in [5.74, 6) is 1.61. The van der Waals surface area contributed by atoms with Crippen molar-refractivity contribution in [3.8, 4) is 0 Å². The van der Waals surface area contributed by atoms with Gasteiger partial charge < -0.3 is 15.0 Å². The van der Waals surface area contributed by atoms with Gasteiger partial charge in [0.25, 0.3) is 0 Å².